The van der Waals surface area contributed by atoms with Gasteiger partial charge in [-0.05, 0) is 81.6 Å². The van der Waals surface area contributed by atoms with E-state index in [1.54, 1.807) is 0 Å². The van der Waals surface area contributed by atoms with Gasteiger partial charge in [-0.1, -0.05) is 146 Å². The Morgan fingerprint density at radius 3 is 1.78 bits per heavy atom. The van der Waals surface area contributed by atoms with Crippen molar-refractivity contribution in [1.29, 1.82) is 5.26 Å². The van der Waals surface area contributed by atoms with Gasteiger partial charge in [-0.2, -0.15) is 5.26 Å². The van der Waals surface area contributed by atoms with Gasteiger partial charge in [0.2, 0.25) is 0 Å². The normalized spacial score (nSPS) is 11.3. The first-order valence-corrected chi connectivity index (χ1v) is 18.4. The van der Waals surface area contributed by atoms with Crippen molar-refractivity contribution in [2.24, 2.45) is 0 Å². The Hall–Kier alpha value is -7.61. The third-order valence-corrected chi connectivity index (χ3v) is 10.4. The van der Waals surface area contributed by atoms with E-state index >= 15 is 0 Å². The van der Waals surface area contributed by atoms with Gasteiger partial charge in [0, 0.05) is 33.2 Å². The standard InChI is InChI=1S/C51H32N4/c52-33-34-13-11-20-38(27-34)40-28-41(51-53-47(36-15-3-1-4-16-36)32-48(54-51)37-17-5-2-6-18-37)30-42(29-40)55-49-24-10-9-22-45(49)46-26-25-39(31-50(46)55)44-23-12-19-35-14-7-8-21-43(35)44/h1-32H. The summed E-state index contributed by atoms with van der Waals surface area (Å²) >= 11 is 0. The van der Waals surface area contributed by atoms with Gasteiger partial charge in [0.15, 0.2) is 5.82 Å². The SMILES string of the molecule is N#Cc1cccc(-c2cc(-c3nc(-c4ccccc4)cc(-c4ccccc4)n3)cc(-n3c4ccccc4c4ccc(-c5cccc6ccccc56)cc43)c2)c1. The van der Waals surface area contributed by atoms with E-state index in [-0.39, 0.29) is 0 Å². The fourth-order valence-electron chi connectivity index (χ4n) is 7.79. The van der Waals surface area contributed by atoms with Crippen LogP contribution in [0.2, 0.25) is 0 Å². The van der Waals surface area contributed by atoms with Crippen LogP contribution in [0.15, 0.2) is 194 Å². The molecule has 10 rings (SSSR count). The third kappa shape index (κ3) is 5.81. The summed E-state index contributed by atoms with van der Waals surface area (Å²) in [7, 11) is 0. The summed E-state index contributed by atoms with van der Waals surface area (Å²) in [5.74, 6) is 0.622. The summed E-state index contributed by atoms with van der Waals surface area (Å²) in [4.78, 5) is 10.5. The molecule has 0 N–H and O–H groups in total. The highest BCUT2D eigenvalue weighted by Gasteiger charge is 2.18. The summed E-state index contributed by atoms with van der Waals surface area (Å²) < 4.78 is 2.36. The number of nitriles is 1. The maximum atomic E-state index is 9.87. The first kappa shape index (κ1) is 32.1. The second kappa shape index (κ2) is 13.4. The van der Waals surface area contributed by atoms with Crippen molar-refractivity contribution in [1.82, 2.24) is 14.5 Å². The number of hydrogen-bond donors (Lipinski definition) is 0. The molecule has 0 atom stereocenters. The molecule has 4 nitrogen and oxygen atoms in total. The minimum atomic E-state index is 0.606. The number of hydrogen-bond acceptors (Lipinski definition) is 3. The molecule has 0 bridgehead atoms. The van der Waals surface area contributed by atoms with Gasteiger partial charge in [-0.15, -0.1) is 0 Å². The second-order valence-electron chi connectivity index (χ2n) is 13.8. The van der Waals surface area contributed by atoms with Crippen molar-refractivity contribution in [2.45, 2.75) is 0 Å². The van der Waals surface area contributed by atoms with Gasteiger partial charge in [0.25, 0.3) is 0 Å². The van der Waals surface area contributed by atoms with Crippen LogP contribution in [0, 0.1) is 11.3 Å². The fourth-order valence-corrected chi connectivity index (χ4v) is 7.79. The molecule has 0 amide bonds. The summed E-state index contributed by atoms with van der Waals surface area (Å²) in [6, 6.07) is 69.8. The van der Waals surface area contributed by atoms with Gasteiger partial charge >= 0.3 is 0 Å². The molecular formula is C51H32N4. The number of rotatable bonds is 6. The molecule has 0 aliphatic heterocycles. The fraction of sp³-hybridized carbons (Fsp3) is 0. The molecule has 0 saturated carbocycles. The first-order chi connectivity index (χ1) is 27.2. The van der Waals surface area contributed by atoms with Crippen LogP contribution in [0.1, 0.15) is 5.56 Å². The largest absolute Gasteiger partial charge is 0.309 e. The zero-order valence-corrected chi connectivity index (χ0v) is 29.8. The molecule has 0 fully saturated rings. The van der Waals surface area contributed by atoms with E-state index in [2.05, 4.69) is 150 Å². The van der Waals surface area contributed by atoms with Crippen LogP contribution < -0.4 is 0 Å². The molecule has 256 valence electrons. The molecule has 4 heteroatoms. The lowest BCUT2D eigenvalue weighted by Crippen LogP contribution is -1.99. The molecule has 0 saturated heterocycles. The Balaban J connectivity index is 1.26. The molecule has 0 spiro atoms. The predicted molar refractivity (Wildman–Crippen MR) is 226 cm³/mol. The van der Waals surface area contributed by atoms with E-state index in [0.717, 1.165) is 61.5 Å². The molecule has 0 aliphatic rings. The van der Waals surface area contributed by atoms with Gasteiger partial charge in [-0.3, -0.25) is 0 Å². The summed E-state index contributed by atoms with van der Waals surface area (Å²) in [6.07, 6.45) is 0. The summed E-state index contributed by atoms with van der Waals surface area (Å²) in [6.45, 7) is 0. The molecule has 2 heterocycles. The van der Waals surface area contributed by atoms with E-state index in [1.807, 2.05) is 54.6 Å². The lowest BCUT2D eigenvalue weighted by atomic mass is 9.97. The Bertz CT molecular complexity index is 3040. The van der Waals surface area contributed by atoms with Crippen molar-refractivity contribution in [3.8, 4) is 67.9 Å². The van der Waals surface area contributed by atoms with Crippen molar-refractivity contribution < 1.29 is 0 Å². The summed E-state index contributed by atoms with van der Waals surface area (Å²) in [5, 5.41) is 14.7. The molecule has 0 radical (unpaired) electrons. The van der Waals surface area contributed by atoms with Crippen LogP contribution in [-0.2, 0) is 0 Å². The van der Waals surface area contributed by atoms with E-state index in [1.165, 1.54) is 27.1 Å². The van der Waals surface area contributed by atoms with E-state index in [0.29, 0.717) is 11.4 Å². The molecule has 55 heavy (non-hydrogen) atoms. The van der Waals surface area contributed by atoms with E-state index in [4.69, 9.17) is 9.97 Å². The van der Waals surface area contributed by atoms with Crippen molar-refractivity contribution in [2.75, 3.05) is 0 Å². The van der Waals surface area contributed by atoms with Crippen LogP contribution in [0.5, 0.6) is 0 Å². The Labute approximate surface area is 318 Å². The minimum Gasteiger partial charge on any atom is -0.309 e. The number of fused-ring (bicyclic) bond motifs is 4. The monoisotopic (exact) mass is 700 g/mol. The lowest BCUT2D eigenvalue weighted by molar-refractivity contribution is 1.16. The predicted octanol–water partition coefficient (Wildman–Crippen LogP) is 12.9. The van der Waals surface area contributed by atoms with E-state index < -0.39 is 0 Å². The molecule has 8 aromatic carbocycles. The molecule has 2 aromatic heterocycles. The highest BCUT2D eigenvalue weighted by Crippen LogP contribution is 2.39. The molecular weight excluding hydrogens is 669 g/mol. The first-order valence-electron chi connectivity index (χ1n) is 18.4. The van der Waals surface area contributed by atoms with Gasteiger partial charge in [0.1, 0.15) is 0 Å². The summed E-state index contributed by atoms with van der Waals surface area (Å²) in [5.41, 5.74) is 12.7. The van der Waals surface area contributed by atoms with Crippen LogP contribution in [-0.4, -0.2) is 14.5 Å². The maximum Gasteiger partial charge on any atom is 0.160 e. The lowest BCUT2D eigenvalue weighted by Gasteiger charge is -2.15. The van der Waals surface area contributed by atoms with Gasteiger partial charge < -0.3 is 4.57 Å². The van der Waals surface area contributed by atoms with Crippen molar-refractivity contribution >= 4 is 32.6 Å². The third-order valence-electron chi connectivity index (χ3n) is 10.4. The van der Waals surface area contributed by atoms with Gasteiger partial charge in [0.05, 0.1) is 34.1 Å². The molecule has 10 aromatic rings. The average Bonchev–Trinajstić information content (AvgIpc) is 3.60. The minimum absolute atomic E-state index is 0.606. The smallest absolute Gasteiger partial charge is 0.160 e. The zero-order chi connectivity index (χ0) is 36.7. The zero-order valence-electron chi connectivity index (χ0n) is 29.8. The Morgan fingerprint density at radius 2 is 1.02 bits per heavy atom. The number of benzene rings is 8. The quantitative estimate of drug-likeness (QED) is 0.173. The van der Waals surface area contributed by atoms with Crippen LogP contribution >= 0.6 is 0 Å². The van der Waals surface area contributed by atoms with Crippen molar-refractivity contribution in [3.63, 3.8) is 0 Å². The molecule has 0 unspecified atom stereocenters. The Kier molecular flexibility index (Phi) is 7.83. The highest BCUT2D eigenvalue weighted by molar-refractivity contribution is 6.11. The second-order valence-corrected chi connectivity index (χ2v) is 13.8. The van der Waals surface area contributed by atoms with Crippen LogP contribution in [0.3, 0.4) is 0 Å². The topological polar surface area (TPSA) is 54.5 Å². The average molecular weight is 701 g/mol. The van der Waals surface area contributed by atoms with Crippen molar-refractivity contribution in [3.05, 3.63) is 200 Å². The van der Waals surface area contributed by atoms with Crippen LogP contribution in [0.25, 0.3) is 94.4 Å². The maximum absolute atomic E-state index is 9.87. The van der Waals surface area contributed by atoms with Crippen LogP contribution in [0.4, 0.5) is 0 Å². The number of nitrogens with zero attached hydrogens (tertiary/aromatic N) is 4. The van der Waals surface area contributed by atoms with Gasteiger partial charge in [-0.25, -0.2) is 9.97 Å². The molecule has 0 aliphatic carbocycles. The van der Waals surface area contributed by atoms with E-state index in [9.17, 15) is 5.26 Å². The Morgan fingerprint density at radius 1 is 0.400 bits per heavy atom. The number of para-hydroxylation sites is 1. The number of aromatic nitrogens is 3. The highest BCUT2D eigenvalue weighted by atomic mass is 15.0.